The molecule has 0 aliphatic carbocycles. The second kappa shape index (κ2) is 14.6. The van der Waals surface area contributed by atoms with E-state index in [2.05, 4.69) is 12.2 Å². The number of ether oxygens (including phenoxy) is 2. The lowest BCUT2D eigenvalue weighted by molar-refractivity contribution is -0.165. The summed E-state index contributed by atoms with van der Waals surface area (Å²) >= 11 is 8.59. The number of para-hydroxylation sites is 1. The second-order valence-electron chi connectivity index (χ2n) is 11.4. The number of thiocarbonyl (C=S) groups is 1. The zero-order valence-corrected chi connectivity index (χ0v) is 26.8. The number of thioether (sulfide) groups is 2. The van der Waals surface area contributed by atoms with Gasteiger partial charge in [-0.1, -0.05) is 51.2 Å². The van der Waals surface area contributed by atoms with Gasteiger partial charge >= 0.3 is 18.0 Å². The third kappa shape index (κ3) is 9.56. The molecule has 0 fully saturated rings. The lowest BCUT2D eigenvalue weighted by atomic mass is 9.58. The molecular formula is C28H44N2O6S3. The Morgan fingerprint density at radius 1 is 1.05 bits per heavy atom. The highest BCUT2D eigenvalue weighted by atomic mass is 32.2. The number of carbonyl (C=O) groups excluding carboxylic acids is 2. The fraction of sp³-hybridized carbons (Fsp3) is 0.643. The predicted molar refractivity (Wildman–Crippen MR) is 165 cm³/mol. The van der Waals surface area contributed by atoms with Crippen LogP contribution in [0.5, 0.6) is 0 Å². The SMILES string of the molecule is CCCSC(=S)SC(C)(C)C(C)(CC(C)(C)C(C)(C)C(=O)O)C(=O)OCCNC(=O)OCc1ccccc1N. The number of aliphatic carboxylic acids is 1. The van der Waals surface area contributed by atoms with Crippen LogP contribution in [-0.2, 0) is 25.7 Å². The van der Waals surface area contributed by atoms with E-state index in [0.717, 1.165) is 15.7 Å². The number of carboxylic acid groups (broad SMARTS) is 1. The minimum atomic E-state index is -1.11. The number of alkyl carbamates (subject to hydrolysis) is 1. The highest BCUT2D eigenvalue weighted by molar-refractivity contribution is 8.47. The summed E-state index contributed by atoms with van der Waals surface area (Å²) in [7, 11) is 0. The number of carboxylic acids is 1. The molecule has 0 heterocycles. The zero-order valence-electron chi connectivity index (χ0n) is 24.3. The Labute approximate surface area is 246 Å². The van der Waals surface area contributed by atoms with E-state index in [1.54, 1.807) is 56.8 Å². The van der Waals surface area contributed by atoms with Gasteiger partial charge in [0.25, 0.3) is 0 Å². The van der Waals surface area contributed by atoms with Crippen LogP contribution >= 0.6 is 35.7 Å². The van der Waals surface area contributed by atoms with Gasteiger partial charge in [-0.2, -0.15) is 0 Å². The van der Waals surface area contributed by atoms with Crippen LogP contribution in [0.4, 0.5) is 10.5 Å². The summed E-state index contributed by atoms with van der Waals surface area (Å²) in [4.78, 5) is 37.9. The van der Waals surface area contributed by atoms with Crippen molar-refractivity contribution in [2.75, 3.05) is 24.6 Å². The average Bonchev–Trinajstić information content (AvgIpc) is 2.83. The molecule has 39 heavy (non-hydrogen) atoms. The predicted octanol–water partition coefficient (Wildman–Crippen LogP) is 6.51. The first kappa shape index (κ1) is 35.0. The number of anilines is 1. The Balaban J connectivity index is 2.96. The van der Waals surface area contributed by atoms with E-state index in [1.165, 1.54) is 11.8 Å². The lowest BCUT2D eigenvalue weighted by Crippen LogP contribution is -2.52. The summed E-state index contributed by atoms with van der Waals surface area (Å²) in [6.45, 7) is 14.8. The number of nitrogen functional groups attached to an aromatic ring is 1. The van der Waals surface area contributed by atoms with E-state index >= 15 is 0 Å². The van der Waals surface area contributed by atoms with Gasteiger partial charge < -0.3 is 25.6 Å². The summed E-state index contributed by atoms with van der Waals surface area (Å²) < 4.78 is 10.9. The van der Waals surface area contributed by atoms with Crippen molar-refractivity contribution in [2.24, 2.45) is 16.2 Å². The van der Waals surface area contributed by atoms with Crippen LogP contribution in [0.25, 0.3) is 0 Å². The van der Waals surface area contributed by atoms with Gasteiger partial charge in [-0.25, -0.2) is 4.79 Å². The van der Waals surface area contributed by atoms with Crippen molar-refractivity contribution in [1.82, 2.24) is 5.32 Å². The molecule has 1 rings (SSSR count). The number of benzene rings is 1. The second-order valence-corrected chi connectivity index (χ2v) is 15.3. The Hall–Kier alpha value is -1.98. The van der Waals surface area contributed by atoms with Gasteiger partial charge in [0.1, 0.15) is 16.7 Å². The van der Waals surface area contributed by atoms with Gasteiger partial charge in [0.2, 0.25) is 0 Å². The van der Waals surface area contributed by atoms with Crippen molar-refractivity contribution in [3.63, 3.8) is 0 Å². The third-order valence-electron chi connectivity index (χ3n) is 7.58. The number of rotatable bonds is 14. The molecule has 0 aliphatic heterocycles. The minimum absolute atomic E-state index is 0.0200. The van der Waals surface area contributed by atoms with Crippen molar-refractivity contribution >= 4 is 63.0 Å². The van der Waals surface area contributed by atoms with Crippen LogP contribution in [0.3, 0.4) is 0 Å². The van der Waals surface area contributed by atoms with Crippen LogP contribution in [0.2, 0.25) is 0 Å². The van der Waals surface area contributed by atoms with Crippen molar-refractivity contribution in [2.45, 2.75) is 79.6 Å². The summed E-state index contributed by atoms with van der Waals surface area (Å²) in [6.07, 6.45) is 0.558. The maximum absolute atomic E-state index is 13.7. The van der Waals surface area contributed by atoms with Gasteiger partial charge in [0.15, 0.2) is 0 Å². The van der Waals surface area contributed by atoms with Gasteiger partial charge in [0, 0.05) is 16.0 Å². The number of hydrogen-bond acceptors (Lipinski definition) is 9. The first-order valence-corrected chi connectivity index (χ1v) is 15.1. The Kier molecular flexibility index (Phi) is 13.1. The van der Waals surface area contributed by atoms with E-state index < -0.39 is 39.0 Å². The van der Waals surface area contributed by atoms with Crippen molar-refractivity contribution in [3.05, 3.63) is 29.8 Å². The molecule has 0 bridgehead atoms. The number of carbonyl (C=O) groups is 3. The fourth-order valence-electron chi connectivity index (χ4n) is 3.78. The molecular weight excluding hydrogens is 557 g/mol. The van der Waals surface area contributed by atoms with Gasteiger partial charge in [-0.05, 0) is 64.7 Å². The van der Waals surface area contributed by atoms with Gasteiger partial charge in [-0.15, -0.1) is 23.5 Å². The molecule has 1 atom stereocenters. The zero-order chi connectivity index (χ0) is 30.1. The molecule has 0 radical (unpaired) electrons. The van der Waals surface area contributed by atoms with E-state index in [-0.39, 0.29) is 26.2 Å². The van der Waals surface area contributed by atoms with Crippen molar-refractivity contribution < 1.29 is 29.0 Å². The Bertz CT molecular complexity index is 1030. The number of nitrogens with one attached hydrogen (secondary N) is 1. The molecule has 0 saturated carbocycles. The molecule has 220 valence electrons. The molecule has 0 saturated heterocycles. The summed E-state index contributed by atoms with van der Waals surface area (Å²) in [5.74, 6) is -0.549. The van der Waals surface area contributed by atoms with Crippen LogP contribution in [-0.4, -0.2) is 50.3 Å². The smallest absolute Gasteiger partial charge is 0.407 e. The highest BCUT2D eigenvalue weighted by Crippen LogP contribution is 2.55. The third-order valence-corrected chi connectivity index (χ3v) is 10.8. The maximum atomic E-state index is 13.7. The van der Waals surface area contributed by atoms with E-state index in [9.17, 15) is 19.5 Å². The molecule has 0 spiro atoms. The molecule has 4 N–H and O–H groups in total. The van der Waals surface area contributed by atoms with E-state index in [1.807, 2.05) is 27.7 Å². The van der Waals surface area contributed by atoms with E-state index in [0.29, 0.717) is 11.3 Å². The molecule has 0 aliphatic rings. The number of amides is 1. The first-order chi connectivity index (χ1) is 17.9. The minimum Gasteiger partial charge on any atom is -0.481 e. The quantitative estimate of drug-likeness (QED) is 0.0940. The first-order valence-electron chi connectivity index (χ1n) is 12.9. The van der Waals surface area contributed by atoms with Gasteiger partial charge in [0.05, 0.1) is 17.4 Å². The Morgan fingerprint density at radius 3 is 2.23 bits per heavy atom. The molecule has 11 heteroatoms. The largest absolute Gasteiger partial charge is 0.481 e. The highest BCUT2D eigenvalue weighted by Gasteiger charge is 2.56. The van der Waals surface area contributed by atoms with E-state index in [4.69, 9.17) is 27.4 Å². The van der Waals surface area contributed by atoms with Crippen LogP contribution in [0, 0.1) is 16.2 Å². The molecule has 1 amide bonds. The lowest BCUT2D eigenvalue weighted by Gasteiger charge is -2.49. The number of nitrogens with two attached hydrogens (primary N) is 1. The standard InChI is InChI=1S/C28H44N2O6S3/c1-9-16-38-24(37)39-27(6,7)28(8,18-25(2,3)26(4,5)21(31)32)22(33)35-15-14-30-23(34)36-17-19-12-10-11-13-20(19)29/h10-13H,9,14-18,29H2,1-8H3,(H,30,34)(H,31,32). The number of hydrogen-bond donors (Lipinski definition) is 3. The molecule has 1 aromatic carbocycles. The Morgan fingerprint density at radius 2 is 1.67 bits per heavy atom. The number of esters is 1. The van der Waals surface area contributed by atoms with Crippen molar-refractivity contribution in [1.29, 1.82) is 0 Å². The summed E-state index contributed by atoms with van der Waals surface area (Å²) in [5, 5.41) is 12.5. The van der Waals surface area contributed by atoms with Crippen LogP contribution in [0.1, 0.15) is 73.8 Å². The summed E-state index contributed by atoms with van der Waals surface area (Å²) in [5.41, 5.74) is 4.10. The summed E-state index contributed by atoms with van der Waals surface area (Å²) in [6, 6.07) is 7.09. The van der Waals surface area contributed by atoms with Crippen molar-refractivity contribution in [3.8, 4) is 0 Å². The molecule has 8 nitrogen and oxygen atoms in total. The molecule has 0 aromatic heterocycles. The maximum Gasteiger partial charge on any atom is 0.407 e. The normalized spacial score (nSPS) is 13.7. The van der Waals surface area contributed by atoms with Crippen LogP contribution < -0.4 is 11.1 Å². The molecule has 1 aromatic rings. The molecule has 1 unspecified atom stereocenters. The fourth-order valence-corrected chi connectivity index (χ4v) is 6.93. The topological polar surface area (TPSA) is 128 Å². The monoisotopic (exact) mass is 600 g/mol. The average molecular weight is 601 g/mol. The van der Waals surface area contributed by atoms with Crippen LogP contribution in [0.15, 0.2) is 24.3 Å². The van der Waals surface area contributed by atoms with Gasteiger partial charge in [-0.3, -0.25) is 9.59 Å².